The van der Waals surface area contributed by atoms with E-state index in [0.717, 1.165) is 18.8 Å². The summed E-state index contributed by atoms with van der Waals surface area (Å²) < 4.78 is 13.1. The van der Waals surface area contributed by atoms with Gasteiger partial charge in [-0.15, -0.1) is 0 Å². The normalized spacial score (nSPS) is 19.4. The lowest BCUT2D eigenvalue weighted by atomic mass is 10.1. The van der Waals surface area contributed by atoms with E-state index in [1.807, 2.05) is 17.7 Å². The van der Waals surface area contributed by atoms with Gasteiger partial charge in [0.05, 0.1) is 16.8 Å². The predicted molar refractivity (Wildman–Crippen MR) is 85.6 cm³/mol. The van der Waals surface area contributed by atoms with Crippen molar-refractivity contribution in [2.24, 2.45) is 0 Å². The molecule has 120 valence electrons. The van der Waals surface area contributed by atoms with Crippen LogP contribution in [0.3, 0.4) is 0 Å². The van der Waals surface area contributed by atoms with Gasteiger partial charge >= 0.3 is 0 Å². The Morgan fingerprint density at radius 3 is 2.87 bits per heavy atom. The van der Waals surface area contributed by atoms with Gasteiger partial charge < -0.3 is 9.47 Å². The summed E-state index contributed by atoms with van der Waals surface area (Å²) in [7, 11) is 0. The minimum absolute atomic E-state index is 0.0857. The number of carbonyl (C=O) groups excluding carboxylic acids is 1. The van der Waals surface area contributed by atoms with E-state index < -0.39 is 0 Å². The molecule has 2 aliphatic rings. The summed E-state index contributed by atoms with van der Waals surface area (Å²) in [6.45, 7) is 3.68. The fourth-order valence-electron chi connectivity index (χ4n) is 3.07. The quantitative estimate of drug-likeness (QED) is 0.805. The number of aryl methyl sites for hydroxylation is 1. The number of ether oxygens (including phenoxy) is 2. The summed E-state index contributed by atoms with van der Waals surface area (Å²) >= 11 is 6.15. The van der Waals surface area contributed by atoms with Crippen molar-refractivity contribution in [3.63, 3.8) is 0 Å². The van der Waals surface area contributed by atoms with Crippen molar-refractivity contribution in [3.8, 4) is 11.5 Å². The van der Waals surface area contributed by atoms with Crippen LogP contribution in [0.2, 0.25) is 5.02 Å². The fourth-order valence-corrected chi connectivity index (χ4v) is 3.28. The van der Waals surface area contributed by atoms with Crippen molar-refractivity contribution in [2.75, 3.05) is 18.1 Å². The van der Waals surface area contributed by atoms with E-state index in [1.54, 1.807) is 23.2 Å². The Morgan fingerprint density at radius 1 is 1.26 bits per heavy atom. The summed E-state index contributed by atoms with van der Waals surface area (Å²) in [5, 5.41) is 4.72. The molecule has 2 aliphatic heterocycles. The lowest BCUT2D eigenvalue weighted by Gasteiger charge is -2.34. The summed E-state index contributed by atoms with van der Waals surface area (Å²) in [6, 6.07) is 5.31. The lowest BCUT2D eigenvalue weighted by molar-refractivity contribution is 0.0959. The predicted octanol–water partition coefficient (Wildman–Crippen LogP) is 2.75. The third kappa shape index (κ3) is 2.25. The Morgan fingerprint density at radius 2 is 2.04 bits per heavy atom. The molecule has 0 spiro atoms. The summed E-state index contributed by atoms with van der Waals surface area (Å²) in [5.41, 5.74) is 0.464. The number of hydrogen-bond acceptors (Lipinski definition) is 4. The molecule has 0 N–H and O–H groups in total. The molecule has 0 saturated heterocycles. The summed E-state index contributed by atoms with van der Waals surface area (Å²) in [4.78, 5) is 14.9. The van der Waals surface area contributed by atoms with E-state index in [1.165, 1.54) is 0 Å². The van der Waals surface area contributed by atoms with Crippen LogP contribution >= 0.6 is 11.6 Å². The zero-order chi connectivity index (χ0) is 16.0. The standard InChI is InChI=1S/C16H16ClN3O3/c1-10-5-7-19-13(4-6-18-19)20(10)16(21)11-2-3-12(17)15-14(11)22-8-9-23-15/h2-4,6,10H,5,7-9H2,1H3. The Balaban J connectivity index is 1.79. The number of hydrogen-bond donors (Lipinski definition) is 0. The first-order valence-corrected chi connectivity index (χ1v) is 7.98. The van der Waals surface area contributed by atoms with Gasteiger partial charge in [0.15, 0.2) is 11.5 Å². The van der Waals surface area contributed by atoms with Crippen molar-refractivity contribution < 1.29 is 14.3 Å². The number of amides is 1. The molecule has 23 heavy (non-hydrogen) atoms. The first-order chi connectivity index (χ1) is 11.2. The van der Waals surface area contributed by atoms with Gasteiger partial charge in [0.25, 0.3) is 5.91 Å². The summed E-state index contributed by atoms with van der Waals surface area (Å²) in [5.74, 6) is 1.55. The van der Waals surface area contributed by atoms with Crippen molar-refractivity contribution >= 4 is 23.3 Å². The van der Waals surface area contributed by atoms with Gasteiger partial charge in [-0.1, -0.05) is 11.6 Å². The monoisotopic (exact) mass is 333 g/mol. The Hall–Kier alpha value is -2.21. The molecule has 0 saturated carbocycles. The van der Waals surface area contributed by atoms with Crippen LogP contribution in [-0.2, 0) is 6.54 Å². The molecular weight excluding hydrogens is 318 g/mol. The van der Waals surface area contributed by atoms with Crippen LogP contribution in [0.1, 0.15) is 23.7 Å². The Kier molecular flexibility index (Phi) is 3.41. The van der Waals surface area contributed by atoms with Crippen LogP contribution in [0.25, 0.3) is 0 Å². The molecule has 2 aromatic rings. The van der Waals surface area contributed by atoms with Crippen molar-refractivity contribution in [3.05, 3.63) is 35.0 Å². The average molecular weight is 334 g/mol. The van der Waals surface area contributed by atoms with E-state index >= 15 is 0 Å². The minimum atomic E-state index is -0.127. The van der Waals surface area contributed by atoms with E-state index in [2.05, 4.69) is 5.10 Å². The van der Waals surface area contributed by atoms with E-state index in [9.17, 15) is 4.79 Å². The van der Waals surface area contributed by atoms with Crippen LogP contribution in [0.4, 0.5) is 5.82 Å². The molecule has 3 heterocycles. The molecule has 1 aromatic carbocycles. The molecule has 6 nitrogen and oxygen atoms in total. The number of aromatic nitrogens is 2. The molecule has 7 heteroatoms. The maximum atomic E-state index is 13.2. The first kappa shape index (κ1) is 14.4. The molecule has 1 unspecified atom stereocenters. The number of nitrogens with zero attached hydrogens (tertiary/aromatic N) is 3. The van der Waals surface area contributed by atoms with Crippen molar-refractivity contribution in [2.45, 2.75) is 25.9 Å². The third-order valence-electron chi connectivity index (χ3n) is 4.23. The number of benzene rings is 1. The van der Waals surface area contributed by atoms with E-state index in [0.29, 0.717) is 35.3 Å². The SMILES string of the molecule is CC1CCn2nccc2N1C(=O)c1ccc(Cl)c2c1OCCO2. The van der Waals surface area contributed by atoms with Gasteiger partial charge in [0, 0.05) is 18.7 Å². The number of anilines is 1. The molecule has 0 radical (unpaired) electrons. The number of fused-ring (bicyclic) bond motifs is 2. The van der Waals surface area contributed by atoms with E-state index in [-0.39, 0.29) is 11.9 Å². The highest BCUT2D eigenvalue weighted by molar-refractivity contribution is 6.32. The maximum absolute atomic E-state index is 13.2. The largest absolute Gasteiger partial charge is 0.485 e. The smallest absolute Gasteiger partial charge is 0.263 e. The third-order valence-corrected chi connectivity index (χ3v) is 4.53. The highest BCUT2D eigenvalue weighted by Crippen LogP contribution is 2.41. The molecular formula is C16H16ClN3O3. The zero-order valence-corrected chi connectivity index (χ0v) is 13.4. The number of halogens is 1. The Labute approximate surface area is 138 Å². The van der Waals surface area contributed by atoms with Crippen LogP contribution in [0.5, 0.6) is 11.5 Å². The molecule has 0 aliphatic carbocycles. The van der Waals surface area contributed by atoms with Gasteiger partial charge in [-0.25, -0.2) is 4.68 Å². The van der Waals surface area contributed by atoms with E-state index in [4.69, 9.17) is 21.1 Å². The van der Waals surface area contributed by atoms with Crippen LogP contribution in [-0.4, -0.2) is 34.9 Å². The molecule has 0 bridgehead atoms. The molecule has 0 fully saturated rings. The van der Waals surface area contributed by atoms with Gasteiger partial charge in [-0.2, -0.15) is 5.10 Å². The fraction of sp³-hybridized carbons (Fsp3) is 0.375. The van der Waals surface area contributed by atoms with Crippen LogP contribution in [0.15, 0.2) is 24.4 Å². The molecule has 1 aromatic heterocycles. The minimum Gasteiger partial charge on any atom is -0.485 e. The van der Waals surface area contributed by atoms with Crippen molar-refractivity contribution in [1.29, 1.82) is 0 Å². The molecule has 1 amide bonds. The molecule has 4 rings (SSSR count). The molecule has 1 atom stereocenters. The van der Waals surface area contributed by atoms with Gasteiger partial charge in [0.1, 0.15) is 19.0 Å². The van der Waals surface area contributed by atoms with Gasteiger partial charge in [-0.3, -0.25) is 9.69 Å². The Bertz CT molecular complexity index is 774. The maximum Gasteiger partial charge on any atom is 0.263 e. The van der Waals surface area contributed by atoms with Gasteiger partial charge in [-0.05, 0) is 25.5 Å². The van der Waals surface area contributed by atoms with Crippen LogP contribution in [0, 0.1) is 0 Å². The second-order valence-corrected chi connectivity index (χ2v) is 6.08. The summed E-state index contributed by atoms with van der Waals surface area (Å²) in [6.07, 6.45) is 2.57. The first-order valence-electron chi connectivity index (χ1n) is 7.60. The highest BCUT2D eigenvalue weighted by atomic mass is 35.5. The highest BCUT2D eigenvalue weighted by Gasteiger charge is 2.33. The zero-order valence-electron chi connectivity index (χ0n) is 12.7. The van der Waals surface area contributed by atoms with Crippen LogP contribution < -0.4 is 14.4 Å². The van der Waals surface area contributed by atoms with Crippen molar-refractivity contribution in [1.82, 2.24) is 9.78 Å². The second-order valence-electron chi connectivity index (χ2n) is 5.68. The second kappa shape index (κ2) is 5.45. The topological polar surface area (TPSA) is 56.6 Å². The van der Waals surface area contributed by atoms with Gasteiger partial charge in [0.2, 0.25) is 0 Å². The average Bonchev–Trinajstić information content (AvgIpc) is 3.03. The number of carbonyl (C=O) groups is 1. The number of rotatable bonds is 1. The lowest BCUT2D eigenvalue weighted by Crippen LogP contribution is -2.44.